The van der Waals surface area contributed by atoms with Crippen molar-refractivity contribution in [1.82, 2.24) is 9.88 Å². The van der Waals surface area contributed by atoms with Crippen LogP contribution in [0.2, 0.25) is 5.02 Å². The largest absolute Gasteiger partial charge is 0.490 e. The predicted octanol–water partition coefficient (Wildman–Crippen LogP) is 4.84. The molecule has 1 aliphatic rings. The fraction of sp³-hybridized carbons (Fsp3) is 0.348. The van der Waals surface area contributed by atoms with Crippen LogP contribution in [0.25, 0.3) is 10.8 Å². The Morgan fingerprint density at radius 3 is 2.50 bits per heavy atom. The molecule has 0 spiro atoms. The highest BCUT2D eigenvalue weighted by atomic mass is 35.5. The smallest absolute Gasteiger partial charge is 0.255 e. The molecular formula is C23H25ClN2O2. The zero-order valence-electron chi connectivity index (χ0n) is 16.3. The van der Waals surface area contributed by atoms with Gasteiger partial charge in [0.2, 0.25) is 0 Å². The van der Waals surface area contributed by atoms with Gasteiger partial charge in [0, 0.05) is 36.2 Å². The van der Waals surface area contributed by atoms with Crippen molar-refractivity contribution in [3.63, 3.8) is 0 Å². The number of halogens is 1. The number of nitrogens with one attached hydrogen (secondary N) is 1. The first-order chi connectivity index (χ1) is 13.5. The molecule has 0 atom stereocenters. The highest BCUT2D eigenvalue weighted by molar-refractivity contribution is 6.30. The van der Waals surface area contributed by atoms with E-state index < -0.39 is 0 Å². The molecule has 5 heteroatoms. The number of rotatable bonds is 4. The lowest BCUT2D eigenvalue weighted by Gasteiger charge is -2.32. The van der Waals surface area contributed by atoms with Gasteiger partial charge in [-0.15, -0.1) is 0 Å². The molecule has 3 aromatic rings. The van der Waals surface area contributed by atoms with E-state index in [4.69, 9.17) is 16.3 Å². The Labute approximate surface area is 170 Å². The molecule has 0 aliphatic carbocycles. The molecule has 0 amide bonds. The Morgan fingerprint density at radius 2 is 1.79 bits per heavy atom. The van der Waals surface area contributed by atoms with Crippen LogP contribution in [0, 0.1) is 13.8 Å². The lowest BCUT2D eigenvalue weighted by molar-refractivity contribution is 0.0964. The lowest BCUT2D eigenvalue weighted by atomic mass is 10.0. The summed E-state index contributed by atoms with van der Waals surface area (Å²) in [6, 6.07) is 12.0. The van der Waals surface area contributed by atoms with Crippen molar-refractivity contribution < 1.29 is 4.74 Å². The summed E-state index contributed by atoms with van der Waals surface area (Å²) in [5, 5.41) is 2.46. The Morgan fingerprint density at radius 1 is 1.07 bits per heavy atom. The molecule has 1 aliphatic heterocycles. The summed E-state index contributed by atoms with van der Waals surface area (Å²) in [4.78, 5) is 17.3. The van der Waals surface area contributed by atoms with Crippen LogP contribution >= 0.6 is 11.6 Å². The highest BCUT2D eigenvalue weighted by Crippen LogP contribution is 2.28. The minimum Gasteiger partial charge on any atom is -0.490 e. The van der Waals surface area contributed by atoms with Crippen molar-refractivity contribution in [2.45, 2.75) is 39.3 Å². The van der Waals surface area contributed by atoms with E-state index in [1.165, 1.54) is 5.56 Å². The Kier molecular flexibility index (Phi) is 5.42. The summed E-state index contributed by atoms with van der Waals surface area (Å²) >= 11 is 5.97. The molecule has 0 radical (unpaired) electrons. The third kappa shape index (κ3) is 4.08. The van der Waals surface area contributed by atoms with Gasteiger partial charge in [-0.1, -0.05) is 23.7 Å². The highest BCUT2D eigenvalue weighted by Gasteiger charge is 2.21. The van der Waals surface area contributed by atoms with Crippen molar-refractivity contribution in [1.29, 1.82) is 0 Å². The fourth-order valence-corrected chi connectivity index (χ4v) is 4.00. The first-order valence-corrected chi connectivity index (χ1v) is 10.1. The molecule has 4 nitrogen and oxygen atoms in total. The normalized spacial score (nSPS) is 15.8. The lowest BCUT2D eigenvalue weighted by Crippen LogP contribution is -2.37. The summed E-state index contributed by atoms with van der Waals surface area (Å²) in [5.74, 6) is 0.886. The Balaban J connectivity index is 1.42. The number of aryl methyl sites for hydroxylation is 2. The monoisotopic (exact) mass is 396 g/mol. The average molecular weight is 397 g/mol. The first-order valence-electron chi connectivity index (χ1n) is 9.76. The second kappa shape index (κ2) is 7.98. The number of aromatic amines is 1. The van der Waals surface area contributed by atoms with Crippen LogP contribution < -0.4 is 10.3 Å². The van der Waals surface area contributed by atoms with E-state index in [2.05, 4.69) is 22.0 Å². The third-order valence-corrected chi connectivity index (χ3v) is 5.80. The van der Waals surface area contributed by atoms with Crippen LogP contribution in [0.15, 0.2) is 47.4 Å². The number of aromatic nitrogens is 1. The van der Waals surface area contributed by atoms with E-state index in [1.54, 1.807) is 6.20 Å². The number of hydrogen-bond donors (Lipinski definition) is 1. The van der Waals surface area contributed by atoms with Crippen LogP contribution in [0.1, 0.15) is 29.5 Å². The molecule has 4 rings (SSSR count). The molecule has 0 saturated carbocycles. The molecule has 1 saturated heterocycles. The van der Waals surface area contributed by atoms with Crippen molar-refractivity contribution in [3.8, 4) is 5.75 Å². The van der Waals surface area contributed by atoms with Gasteiger partial charge in [0.15, 0.2) is 0 Å². The molecule has 1 N–H and O–H groups in total. The van der Waals surface area contributed by atoms with E-state index in [1.807, 2.05) is 38.1 Å². The molecule has 2 aromatic carbocycles. The zero-order valence-corrected chi connectivity index (χ0v) is 17.1. The predicted molar refractivity (Wildman–Crippen MR) is 114 cm³/mol. The molecule has 0 bridgehead atoms. The van der Waals surface area contributed by atoms with Gasteiger partial charge in [-0.3, -0.25) is 9.69 Å². The topological polar surface area (TPSA) is 45.3 Å². The van der Waals surface area contributed by atoms with E-state index in [0.29, 0.717) is 0 Å². The molecule has 2 heterocycles. The van der Waals surface area contributed by atoms with Gasteiger partial charge in [-0.05, 0) is 73.0 Å². The van der Waals surface area contributed by atoms with Crippen molar-refractivity contribution in [2.24, 2.45) is 0 Å². The van der Waals surface area contributed by atoms with Crippen molar-refractivity contribution >= 4 is 22.4 Å². The summed E-state index contributed by atoms with van der Waals surface area (Å²) < 4.78 is 6.35. The van der Waals surface area contributed by atoms with Crippen molar-refractivity contribution in [2.75, 3.05) is 13.1 Å². The minimum atomic E-state index is -0.0502. The number of likely N-dealkylation sites (tertiary alicyclic amines) is 1. The SMILES string of the molecule is Cc1cc2c(=O)[nH]cc(C)c2cc1OC1CCN(Cc2ccc(Cl)cc2)CC1. The molecule has 1 fully saturated rings. The van der Waals surface area contributed by atoms with Gasteiger partial charge in [-0.25, -0.2) is 0 Å². The number of hydrogen-bond acceptors (Lipinski definition) is 3. The quantitative estimate of drug-likeness (QED) is 0.686. The maximum atomic E-state index is 12.1. The summed E-state index contributed by atoms with van der Waals surface area (Å²) in [5.41, 5.74) is 3.30. The molecule has 0 unspecified atom stereocenters. The number of pyridine rings is 1. The fourth-order valence-electron chi connectivity index (χ4n) is 3.87. The van der Waals surface area contributed by atoms with Crippen LogP contribution in [-0.4, -0.2) is 29.1 Å². The summed E-state index contributed by atoms with van der Waals surface area (Å²) in [6.07, 6.45) is 3.97. The average Bonchev–Trinajstić information content (AvgIpc) is 2.69. The Hall–Kier alpha value is -2.30. The number of piperidine rings is 1. The zero-order chi connectivity index (χ0) is 19.7. The summed E-state index contributed by atoms with van der Waals surface area (Å²) in [7, 11) is 0. The number of ether oxygens (including phenoxy) is 1. The van der Waals surface area contributed by atoms with Gasteiger partial charge in [0.05, 0.1) is 0 Å². The van der Waals surface area contributed by atoms with E-state index in [9.17, 15) is 4.79 Å². The summed E-state index contributed by atoms with van der Waals surface area (Å²) in [6.45, 7) is 6.98. The number of benzene rings is 2. The maximum absolute atomic E-state index is 12.1. The number of fused-ring (bicyclic) bond motifs is 1. The maximum Gasteiger partial charge on any atom is 0.255 e. The minimum absolute atomic E-state index is 0.0502. The Bertz CT molecular complexity index is 1030. The van der Waals surface area contributed by atoms with Crippen LogP contribution in [-0.2, 0) is 6.54 Å². The van der Waals surface area contributed by atoms with Crippen LogP contribution in [0.3, 0.4) is 0 Å². The second-order valence-electron chi connectivity index (χ2n) is 7.68. The van der Waals surface area contributed by atoms with Gasteiger partial charge in [0.25, 0.3) is 5.56 Å². The standard InChI is InChI=1S/C23H25ClN2O2/c1-15-11-21-20(16(2)13-25-23(21)27)12-22(15)28-19-7-9-26(10-8-19)14-17-3-5-18(24)6-4-17/h3-6,11-13,19H,7-10,14H2,1-2H3,(H,25,27). The van der Waals surface area contributed by atoms with Gasteiger partial charge >= 0.3 is 0 Å². The second-order valence-corrected chi connectivity index (χ2v) is 8.12. The van der Waals surface area contributed by atoms with Crippen molar-refractivity contribution in [3.05, 3.63) is 74.7 Å². The molecular weight excluding hydrogens is 372 g/mol. The van der Waals surface area contributed by atoms with Gasteiger partial charge < -0.3 is 9.72 Å². The number of nitrogens with zero attached hydrogens (tertiary/aromatic N) is 1. The molecule has 146 valence electrons. The van der Waals surface area contributed by atoms with E-state index in [0.717, 1.165) is 65.1 Å². The van der Waals surface area contributed by atoms with Crippen LogP contribution in [0.5, 0.6) is 5.75 Å². The van der Waals surface area contributed by atoms with Crippen LogP contribution in [0.4, 0.5) is 0 Å². The first kappa shape index (κ1) is 19.0. The third-order valence-electron chi connectivity index (χ3n) is 5.55. The molecule has 1 aromatic heterocycles. The molecule has 28 heavy (non-hydrogen) atoms. The van der Waals surface area contributed by atoms with E-state index >= 15 is 0 Å². The van der Waals surface area contributed by atoms with Gasteiger partial charge in [-0.2, -0.15) is 0 Å². The van der Waals surface area contributed by atoms with Gasteiger partial charge in [0.1, 0.15) is 11.9 Å². The number of H-pyrrole nitrogens is 1. The van der Waals surface area contributed by atoms with E-state index in [-0.39, 0.29) is 11.7 Å².